The minimum absolute atomic E-state index is 0.400. The molecule has 0 aromatic heterocycles. The van der Waals surface area contributed by atoms with E-state index < -0.39 is 0 Å². The van der Waals surface area contributed by atoms with Crippen molar-refractivity contribution < 1.29 is 0 Å². The zero-order chi connectivity index (χ0) is 19.9. The van der Waals surface area contributed by atoms with E-state index in [4.69, 9.17) is 0 Å². The largest absolute Gasteiger partial charge is 0.369 e. The van der Waals surface area contributed by atoms with Crippen molar-refractivity contribution in [3.05, 3.63) is 72.3 Å². The van der Waals surface area contributed by atoms with Crippen LogP contribution in [0.4, 0.5) is 11.4 Å². The van der Waals surface area contributed by atoms with Gasteiger partial charge in [-0.05, 0) is 42.7 Å². The van der Waals surface area contributed by atoms with E-state index in [9.17, 15) is 0 Å². The molecule has 1 fully saturated rings. The molecule has 0 amide bonds. The predicted octanol–water partition coefficient (Wildman–Crippen LogP) is 3.40. The molecule has 1 saturated heterocycles. The summed E-state index contributed by atoms with van der Waals surface area (Å²) in [5.74, 6) is 0.873. The molecule has 0 spiro atoms. The van der Waals surface area contributed by atoms with Crippen molar-refractivity contribution in [2.24, 2.45) is 4.99 Å². The Labute approximate surface area is 174 Å². The minimum atomic E-state index is 0.400. The first kappa shape index (κ1) is 19.4. The second kappa shape index (κ2) is 9.50. The number of hydrogen-bond donors (Lipinski definition) is 2. The molecule has 1 atom stereocenters. The third-order valence-corrected chi connectivity index (χ3v) is 5.66. The van der Waals surface area contributed by atoms with Gasteiger partial charge in [-0.25, -0.2) is 0 Å². The Morgan fingerprint density at radius 2 is 1.79 bits per heavy atom. The lowest BCUT2D eigenvalue weighted by molar-refractivity contribution is 0.468. The highest BCUT2D eigenvalue weighted by Crippen LogP contribution is 2.20. The zero-order valence-electron chi connectivity index (χ0n) is 17.2. The molecule has 2 N–H and O–H groups in total. The van der Waals surface area contributed by atoms with E-state index in [1.807, 2.05) is 7.05 Å². The molecule has 2 aromatic carbocycles. The van der Waals surface area contributed by atoms with E-state index in [2.05, 4.69) is 92.2 Å². The molecule has 2 heterocycles. The third kappa shape index (κ3) is 5.11. The molecule has 5 nitrogen and oxygen atoms in total. The van der Waals surface area contributed by atoms with Gasteiger partial charge < -0.3 is 20.4 Å². The summed E-state index contributed by atoms with van der Waals surface area (Å²) in [5, 5.41) is 7.11. The van der Waals surface area contributed by atoms with E-state index in [0.29, 0.717) is 6.04 Å². The standard InChI is InChI=1S/C24H31N5/c1-25-24(26-18-20-9-7-13-23(17-20)28-14-5-6-15-28)27-21-10-8-16-29(19-21)22-11-3-2-4-12-22/h2-7,9,11-13,17,21H,8,10,14-16,18-19H2,1H3,(H2,25,26,27). The predicted molar refractivity (Wildman–Crippen MR) is 123 cm³/mol. The highest BCUT2D eigenvalue weighted by molar-refractivity contribution is 5.80. The fourth-order valence-electron chi connectivity index (χ4n) is 4.09. The van der Waals surface area contributed by atoms with Crippen LogP contribution in [0.3, 0.4) is 0 Å². The van der Waals surface area contributed by atoms with Gasteiger partial charge in [-0.1, -0.05) is 42.5 Å². The van der Waals surface area contributed by atoms with Gasteiger partial charge in [0.05, 0.1) is 0 Å². The summed E-state index contributed by atoms with van der Waals surface area (Å²) in [6.07, 6.45) is 6.80. The number of aliphatic imine (C=N–C) groups is 1. The number of nitrogens with zero attached hydrogens (tertiary/aromatic N) is 3. The quantitative estimate of drug-likeness (QED) is 0.467. The normalized spacial score (nSPS) is 19.5. The number of guanidine groups is 1. The first-order valence-electron chi connectivity index (χ1n) is 10.6. The summed E-state index contributed by atoms with van der Waals surface area (Å²) in [6.45, 7) is 4.89. The molecule has 0 bridgehead atoms. The van der Waals surface area contributed by atoms with Crippen LogP contribution in [0.1, 0.15) is 18.4 Å². The van der Waals surface area contributed by atoms with Gasteiger partial charge in [0.1, 0.15) is 0 Å². The van der Waals surface area contributed by atoms with Crippen LogP contribution in [0.5, 0.6) is 0 Å². The van der Waals surface area contributed by atoms with Gasteiger partial charge >= 0.3 is 0 Å². The maximum Gasteiger partial charge on any atom is 0.191 e. The topological polar surface area (TPSA) is 42.9 Å². The van der Waals surface area contributed by atoms with E-state index >= 15 is 0 Å². The Kier molecular flexibility index (Phi) is 6.35. The maximum atomic E-state index is 4.45. The molecular weight excluding hydrogens is 358 g/mol. The zero-order valence-corrected chi connectivity index (χ0v) is 17.2. The summed E-state index contributed by atoms with van der Waals surface area (Å²) in [5.41, 5.74) is 3.85. The molecular formula is C24H31N5. The van der Waals surface area contributed by atoms with Crippen LogP contribution in [0.25, 0.3) is 0 Å². The molecule has 2 aliphatic heterocycles. The number of para-hydroxylation sites is 1. The van der Waals surface area contributed by atoms with E-state index in [1.54, 1.807) is 0 Å². The van der Waals surface area contributed by atoms with Crippen molar-refractivity contribution >= 4 is 17.3 Å². The Morgan fingerprint density at radius 1 is 1.00 bits per heavy atom. The molecule has 5 heteroatoms. The second-order valence-corrected chi connectivity index (χ2v) is 7.74. The van der Waals surface area contributed by atoms with Gasteiger partial charge in [0.25, 0.3) is 0 Å². The van der Waals surface area contributed by atoms with Crippen LogP contribution in [-0.2, 0) is 6.54 Å². The van der Waals surface area contributed by atoms with E-state index in [0.717, 1.165) is 38.7 Å². The molecule has 2 aliphatic rings. The van der Waals surface area contributed by atoms with Crippen molar-refractivity contribution in [3.63, 3.8) is 0 Å². The smallest absolute Gasteiger partial charge is 0.191 e. The number of nitrogens with one attached hydrogen (secondary N) is 2. The highest BCUT2D eigenvalue weighted by atomic mass is 15.2. The van der Waals surface area contributed by atoms with Gasteiger partial charge in [-0.3, -0.25) is 4.99 Å². The van der Waals surface area contributed by atoms with Crippen LogP contribution < -0.4 is 20.4 Å². The SMILES string of the molecule is CN=C(NCc1cccc(N2CC=CC2)c1)NC1CCCN(c2ccccc2)C1. The number of benzene rings is 2. The van der Waals surface area contributed by atoms with Crippen LogP contribution in [0, 0.1) is 0 Å². The molecule has 152 valence electrons. The molecule has 0 saturated carbocycles. The Hall–Kier alpha value is -2.95. The maximum absolute atomic E-state index is 4.45. The van der Waals surface area contributed by atoms with E-state index in [-0.39, 0.29) is 0 Å². The van der Waals surface area contributed by atoms with Gasteiger partial charge in [-0.2, -0.15) is 0 Å². The summed E-state index contributed by atoms with van der Waals surface area (Å²) in [4.78, 5) is 9.28. The average molecular weight is 390 g/mol. The lowest BCUT2D eigenvalue weighted by Gasteiger charge is -2.35. The number of rotatable bonds is 5. The van der Waals surface area contributed by atoms with E-state index in [1.165, 1.54) is 29.8 Å². The molecule has 2 aromatic rings. The highest BCUT2D eigenvalue weighted by Gasteiger charge is 2.20. The monoisotopic (exact) mass is 389 g/mol. The number of anilines is 2. The van der Waals surface area contributed by atoms with Crippen LogP contribution in [0.2, 0.25) is 0 Å². The van der Waals surface area contributed by atoms with Crippen molar-refractivity contribution in [3.8, 4) is 0 Å². The summed E-state index contributed by atoms with van der Waals surface area (Å²) < 4.78 is 0. The molecule has 0 radical (unpaired) electrons. The lowest BCUT2D eigenvalue weighted by Crippen LogP contribution is -2.51. The fourth-order valence-corrected chi connectivity index (χ4v) is 4.09. The lowest BCUT2D eigenvalue weighted by atomic mass is 10.0. The number of piperidine rings is 1. The Balaban J connectivity index is 1.31. The van der Waals surface area contributed by atoms with Crippen molar-refractivity contribution in [1.82, 2.24) is 10.6 Å². The first-order chi connectivity index (χ1) is 14.3. The van der Waals surface area contributed by atoms with Crippen molar-refractivity contribution in [2.75, 3.05) is 43.0 Å². The summed E-state index contributed by atoms with van der Waals surface area (Å²) in [6, 6.07) is 19.8. The van der Waals surface area contributed by atoms with Crippen molar-refractivity contribution in [2.45, 2.75) is 25.4 Å². The Bertz CT molecular complexity index is 837. The average Bonchev–Trinajstić information content (AvgIpc) is 3.33. The first-order valence-corrected chi connectivity index (χ1v) is 10.6. The van der Waals surface area contributed by atoms with Crippen LogP contribution in [-0.4, -0.2) is 45.2 Å². The summed E-state index contributed by atoms with van der Waals surface area (Å²) >= 11 is 0. The van der Waals surface area contributed by atoms with Gasteiger partial charge in [0.15, 0.2) is 5.96 Å². The van der Waals surface area contributed by atoms with Gasteiger partial charge in [0, 0.05) is 57.2 Å². The van der Waals surface area contributed by atoms with Crippen LogP contribution in [0.15, 0.2) is 71.7 Å². The molecule has 29 heavy (non-hydrogen) atoms. The molecule has 0 aliphatic carbocycles. The summed E-state index contributed by atoms with van der Waals surface area (Å²) in [7, 11) is 1.85. The molecule has 4 rings (SSSR count). The fraction of sp³-hybridized carbons (Fsp3) is 0.375. The molecule has 1 unspecified atom stereocenters. The second-order valence-electron chi connectivity index (χ2n) is 7.74. The third-order valence-electron chi connectivity index (χ3n) is 5.66. The Morgan fingerprint density at radius 3 is 2.59 bits per heavy atom. The van der Waals surface area contributed by atoms with Crippen LogP contribution >= 0.6 is 0 Å². The van der Waals surface area contributed by atoms with Crippen molar-refractivity contribution in [1.29, 1.82) is 0 Å². The number of hydrogen-bond acceptors (Lipinski definition) is 3. The van der Waals surface area contributed by atoms with Gasteiger partial charge in [-0.15, -0.1) is 0 Å². The minimum Gasteiger partial charge on any atom is -0.369 e. The van der Waals surface area contributed by atoms with Gasteiger partial charge in [0.2, 0.25) is 0 Å².